The number of fused-ring (bicyclic) bond motifs is 2. The van der Waals surface area contributed by atoms with Gasteiger partial charge in [-0.1, -0.05) is 30.8 Å². The van der Waals surface area contributed by atoms with Crippen LogP contribution in [-0.4, -0.2) is 4.57 Å². The maximum absolute atomic E-state index is 12.3. The number of aromatic nitrogens is 1. The summed E-state index contributed by atoms with van der Waals surface area (Å²) in [5.41, 5.74) is 1.87. The number of pyridine rings is 1. The molecule has 2 aromatic carbocycles. The van der Waals surface area contributed by atoms with Crippen LogP contribution in [0.5, 0.6) is 0 Å². The first kappa shape index (κ1) is 9.85. The predicted octanol–water partition coefficient (Wildman–Crippen LogP) is 3.26. The van der Waals surface area contributed by atoms with Crippen LogP contribution in [0.1, 0.15) is 0 Å². The molecule has 0 amide bonds. The van der Waals surface area contributed by atoms with Crippen molar-refractivity contribution in [2.24, 2.45) is 0 Å². The monoisotopic (exact) mass is 221 g/mol. The molecule has 0 aliphatic carbocycles. The van der Waals surface area contributed by atoms with E-state index in [1.165, 1.54) is 0 Å². The fourth-order valence-corrected chi connectivity index (χ4v) is 2.22. The Bertz CT molecular complexity index is 724. The highest BCUT2D eigenvalue weighted by molar-refractivity contribution is 5.95. The van der Waals surface area contributed by atoms with Crippen molar-refractivity contribution >= 4 is 28.0 Å². The second-order valence-electron chi connectivity index (χ2n) is 3.92. The van der Waals surface area contributed by atoms with Gasteiger partial charge in [0.15, 0.2) is 5.43 Å². The smallest absolute Gasteiger partial charge is 0.197 e. The highest BCUT2D eigenvalue weighted by Crippen LogP contribution is 2.18. The maximum Gasteiger partial charge on any atom is 0.197 e. The molecule has 0 saturated heterocycles. The van der Waals surface area contributed by atoms with Crippen LogP contribution in [0, 0.1) is 0 Å². The van der Waals surface area contributed by atoms with Gasteiger partial charge in [0.2, 0.25) is 0 Å². The van der Waals surface area contributed by atoms with E-state index in [9.17, 15) is 4.79 Å². The summed E-state index contributed by atoms with van der Waals surface area (Å²) in [5.74, 6) is 0. The first-order valence-electron chi connectivity index (χ1n) is 5.47. The van der Waals surface area contributed by atoms with Crippen LogP contribution in [0.25, 0.3) is 28.0 Å². The van der Waals surface area contributed by atoms with Gasteiger partial charge in [0.1, 0.15) is 0 Å². The Hall–Kier alpha value is -2.35. The zero-order chi connectivity index (χ0) is 11.8. The van der Waals surface area contributed by atoms with Crippen molar-refractivity contribution in [2.75, 3.05) is 0 Å². The minimum atomic E-state index is 0.0781. The molecule has 0 bridgehead atoms. The Morgan fingerprint density at radius 3 is 1.82 bits per heavy atom. The molecule has 17 heavy (non-hydrogen) atoms. The van der Waals surface area contributed by atoms with Gasteiger partial charge in [-0.2, -0.15) is 0 Å². The molecule has 2 nitrogen and oxygen atoms in total. The second-order valence-corrected chi connectivity index (χ2v) is 3.92. The van der Waals surface area contributed by atoms with Gasteiger partial charge >= 0.3 is 0 Å². The summed E-state index contributed by atoms with van der Waals surface area (Å²) < 4.78 is 1.95. The van der Waals surface area contributed by atoms with Crippen molar-refractivity contribution in [2.45, 2.75) is 0 Å². The standard InChI is InChI=1S/C15H11NO/c1-2-16-13-9-5-3-7-11(13)15(17)12-8-4-6-10-14(12)16/h2-10H,1H2. The van der Waals surface area contributed by atoms with Crippen LogP contribution in [0.15, 0.2) is 59.9 Å². The van der Waals surface area contributed by atoms with E-state index in [0.717, 1.165) is 21.8 Å². The zero-order valence-electron chi connectivity index (χ0n) is 9.26. The maximum atomic E-state index is 12.3. The zero-order valence-corrected chi connectivity index (χ0v) is 9.26. The second kappa shape index (κ2) is 3.59. The van der Waals surface area contributed by atoms with Crippen molar-refractivity contribution in [1.29, 1.82) is 0 Å². The summed E-state index contributed by atoms with van der Waals surface area (Å²) in [6, 6.07) is 15.2. The van der Waals surface area contributed by atoms with E-state index in [1.54, 1.807) is 6.20 Å². The number of hydrogen-bond donors (Lipinski definition) is 0. The Kier molecular flexibility index (Phi) is 2.08. The lowest BCUT2D eigenvalue weighted by atomic mass is 10.1. The average molecular weight is 221 g/mol. The van der Waals surface area contributed by atoms with Gasteiger partial charge in [-0.25, -0.2) is 0 Å². The fraction of sp³-hybridized carbons (Fsp3) is 0. The Balaban J connectivity index is 2.73. The van der Waals surface area contributed by atoms with Crippen molar-refractivity contribution < 1.29 is 0 Å². The highest BCUT2D eigenvalue weighted by atomic mass is 16.1. The molecule has 3 rings (SSSR count). The summed E-state index contributed by atoms with van der Waals surface area (Å²) in [6.07, 6.45) is 1.74. The summed E-state index contributed by atoms with van der Waals surface area (Å²) in [4.78, 5) is 12.3. The minimum absolute atomic E-state index is 0.0781. The number of rotatable bonds is 1. The van der Waals surface area contributed by atoms with Crippen LogP contribution in [-0.2, 0) is 0 Å². The average Bonchev–Trinajstić information content (AvgIpc) is 2.40. The van der Waals surface area contributed by atoms with E-state index < -0.39 is 0 Å². The first-order valence-corrected chi connectivity index (χ1v) is 5.47. The van der Waals surface area contributed by atoms with Crippen LogP contribution >= 0.6 is 0 Å². The summed E-state index contributed by atoms with van der Waals surface area (Å²) in [6.45, 7) is 3.82. The lowest BCUT2D eigenvalue weighted by Crippen LogP contribution is -2.07. The van der Waals surface area contributed by atoms with E-state index in [0.29, 0.717) is 0 Å². The Morgan fingerprint density at radius 2 is 1.35 bits per heavy atom. The fourth-order valence-electron chi connectivity index (χ4n) is 2.22. The summed E-state index contributed by atoms with van der Waals surface area (Å²) in [7, 11) is 0. The molecule has 0 fully saturated rings. The Morgan fingerprint density at radius 1 is 0.882 bits per heavy atom. The molecule has 0 aliphatic rings. The van der Waals surface area contributed by atoms with Gasteiger partial charge in [-0.05, 0) is 24.3 Å². The molecule has 0 unspecified atom stereocenters. The van der Waals surface area contributed by atoms with Gasteiger partial charge in [0.05, 0.1) is 11.0 Å². The molecule has 3 aromatic rings. The van der Waals surface area contributed by atoms with E-state index >= 15 is 0 Å². The summed E-state index contributed by atoms with van der Waals surface area (Å²) >= 11 is 0. The molecule has 1 heterocycles. The largest absolute Gasteiger partial charge is 0.316 e. The lowest BCUT2D eigenvalue weighted by molar-refractivity contribution is 1.27. The highest BCUT2D eigenvalue weighted by Gasteiger charge is 2.07. The van der Waals surface area contributed by atoms with E-state index in [1.807, 2.05) is 53.1 Å². The molecule has 0 spiro atoms. The number of hydrogen-bond acceptors (Lipinski definition) is 1. The van der Waals surface area contributed by atoms with Crippen LogP contribution < -0.4 is 5.43 Å². The Labute approximate surface area is 98.4 Å². The number of para-hydroxylation sites is 2. The molecule has 0 N–H and O–H groups in total. The molecule has 0 atom stereocenters. The molecule has 0 radical (unpaired) electrons. The van der Waals surface area contributed by atoms with Crippen molar-refractivity contribution in [3.05, 3.63) is 65.3 Å². The van der Waals surface area contributed by atoms with E-state index in [4.69, 9.17) is 0 Å². The molecule has 2 heteroatoms. The quantitative estimate of drug-likeness (QED) is 0.578. The van der Waals surface area contributed by atoms with Crippen LogP contribution in [0.2, 0.25) is 0 Å². The molecule has 82 valence electrons. The minimum Gasteiger partial charge on any atom is -0.316 e. The third-order valence-electron chi connectivity index (χ3n) is 3.00. The molecule has 0 aliphatic heterocycles. The van der Waals surface area contributed by atoms with Crippen molar-refractivity contribution in [3.8, 4) is 0 Å². The summed E-state index contributed by atoms with van der Waals surface area (Å²) in [5, 5.41) is 1.46. The predicted molar refractivity (Wildman–Crippen MR) is 72.1 cm³/mol. The van der Waals surface area contributed by atoms with Crippen molar-refractivity contribution in [3.63, 3.8) is 0 Å². The van der Waals surface area contributed by atoms with Crippen LogP contribution in [0.3, 0.4) is 0 Å². The van der Waals surface area contributed by atoms with Gasteiger partial charge in [-0.15, -0.1) is 0 Å². The molecular weight excluding hydrogens is 210 g/mol. The lowest BCUT2D eigenvalue weighted by Gasteiger charge is -2.10. The topological polar surface area (TPSA) is 22.0 Å². The van der Waals surface area contributed by atoms with E-state index in [-0.39, 0.29) is 5.43 Å². The number of benzene rings is 2. The molecule has 1 aromatic heterocycles. The van der Waals surface area contributed by atoms with Gasteiger partial charge in [-0.3, -0.25) is 4.79 Å². The van der Waals surface area contributed by atoms with Crippen molar-refractivity contribution in [1.82, 2.24) is 4.57 Å². The number of nitrogens with zero attached hydrogens (tertiary/aromatic N) is 1. The third kappa shape index (κ3) is 1.31. The van der Waals surface area contributed by atoms with Gasteiger partial charge < -0.3 is 4.57 Å². The van der Waals surface area contributed by atoms with Gasteiger partial charge in [0, 0.05) is 17.0 Å². The van der Waals surface area contributed by atoms with E-state index in [2.05, 4.69) is 6.58 Å². The first-order chi connectivity index (χ1) is 8.33. The normalized spacial score (nSPS) is 10.8. The molecule has 0 saturated carbocycles. The third-order valence-corrected chi connectivity index (χ3v) is 3.00. The molecular formula is C15H11NO. The van der Waals surface area contributed by atoms with Gasteiger partial charge in [0.25, 0.3) is 0 Å². The van der Waals surface area contributed by atoms with Crippen LogP contribution in [0.4, 0.5) is 0 Å². The SMILES string of the molecule is C=Cn1c2ccccc2c(=O)c2ccccc21.